The Kier molecular flexibility index (Phi) is 4.25. The Morgan fingerprint density at radius 2 is 1.87 bits per heavy atom. The van der Waals surface area contributed by atoms with Crippen LogP contribution in [-0.4, -0.2) is 37.8 Å². The van der Waals surface area contributed by atoms with Crippen molar-refractivity contribution in [2.24, 2.45) is 5.92 Å². The molecule has 3 heterocycles. The summed E-state index contributed by atoms with van der Waals surface area (Å²) in [5.41, 5.74) is 2.44. The normalized spacial score (nSPS) is 19.9. The average molecular weight is 423 g/mol. The highest BCUT2D eigenvalue weighted by Gasteiger charge is 2.36. The fraction of sp³-hybridized carbons (Fsp3) is 0.333. The molecule has 1 aliphatic carbocycles. The lowest BCUT2D eigenvalue weighted by Gasteiger charge is -2.15. The molecular weight excluding hydrogens is 402 g/mol. The SMILES string of the molecule is CC[C@@H]1CC(=O)C[C@@H]1c1nnc2cnc3c(ccn3S(=O)(=O)c3ccc(C)cc3)n12. The van der Waals surface area contributed by atoms with Crippen LogP contribution < -0.4 is 0 Å². The number of carbonyl (C=O) groups excluding carboxylic acids is 1. The van der Waals surface area contributed by atoms with Crippen molar-refractivity contribution in [2.75, 3.05) is 0 Å². The molecule has 0 N–H and O–H groups in total. The summed E-state index contributed by atoms with van der Waals surface area (Å²) >= 11 is 0. The number of rotatable bonds is 4. The Bertz CT molecular complexity index is 1390. The summed E-state index contributed by atoms with van der Waals surface area (Å²) in [5.74, 6) is 1.11. The smallest absolute Gasteiger partial charge is 0.269 e. The predicted octanol–water partition coefficient (Wildman–Crippen LogP) is 3.10. The van der Waals surface area contributed by atoms with Crippen molar-refractivity contribution in [3.63, 3.8) is 0 Å². The van der Waals surface area contributed by atoms with E-state index in [1.54, 1.807) is 30.3 Å². The van der Waals surface area contributed by atoms with Crippen molar-refractivity contribution < 1.29 is 13.2 Å². The third kappa shape index (κ3) is 2.76. The number of fused-ring (bicyclic) bond motifs is 3. The number of aromatic nitrogens is 5. The standard InChI is InChI=1S/C21H21N5O3S/c1-3-14-10-15(27)11-17(14)20-24-23-19-12-22-21-18(26(19)20)8-9-25(21)30(28,29)16-6-4-13(2)5-7-16/h4-9,12,14,17H,3,10-11H2,1-2H3/t14-,17+/m1/s1. The molecule has 3 aromatic heterocycles. The maximum Gasteiger partial charge on any atom is 0.269 e. The molecular formula is C21H21N5O3S. The van der Waals surface area contributed by atoms with Gasteiger partial charge in [0.25, 0.3) is 10.0 Å². The maximum atomic E-state index is 13.2. The van der Waals surface area contributed by atoms with Gasteiger partial charge in [-0.3, -0.25) is 9.20 Å². The molecule has 9 heteroatoms. The van der Waals surface area contributed by atoms with E-state index in [0.717, 1.165) is 12.0 Å². The third-order valence-electron chi connectivity index (χ3n) is 6.00. The van der Waals surface area contributed by atoms with Crippen molar-refractivity contribution in [1.29, 1.82) is 0 Å². The van der Waals surface area contributed by atoms with Crippen LogP contribution in [0.5, 0.6) is 0 Å². The van der Waals surface area contributed by atoms with Gasteiger partial charge in [0, 0.05) is 25.0 Å². The summed E-state index contributed by atoms with van der Waals surface area (Å²) < 4.78 is 29.5. The van der Waals surface area contributed by atoms with Gasteiger partial charge in [-0.15, -0.1) is 10.2 Å². The van der Waals surface area contributed by atoms with E-state index in [9.17, 15) is 13.2 Å². The molecule has 0 bridgehead atoms. The van der Waals surface area contributed by atoms with Crippen molar-refractivity contribution in [2.45, 2.75) is 43.9 Å². The van der Waals surface area contributed by atoms with Gasteiger partial charge in [-0.1, -0.05) is 31.0 Å². The van der Waals surface area contributed by atoms with Gasteiger partial charge in [0.2, 0.25) is 0 Å². The fourth-order valence-electron chi connectivity index (χ4n) is 4.37. The Balaban J connectivity index is 1.70. The van der Waals surface area contributed by atoms with E-state index in [4.69, 9.17) is 0 Å². The number of benzene rings is 1. The van der Waals surface area contributed by atoms with E-state index in [2.05, 4.69) is 22.1 Å². The summed E-state index contributed by atoms with van der Waals surface area (Å²) in [6.07, 6.45) is 4.89. The van der Waals surface area contributed by atoms with Gasteiger partial charge in [0.1, 0.15) is 11.6 Å². The molecule has 0 unspecified atom stereocenters. The molecule has 0 saturated heterocycles. The molecule has 0 aliphatic heterocycles. The molecule has 154 valence electrons. The number of aryl methyl sites for hydroxylation is 1. The second-order valence-corrected chi connectivity index (χ2v) is 9.69. The predicted molar refractivity (Wildman–Crippen MR) is 111 cm³/mol. The molecule has 8 nitrogen and oxygen atoms in total. The van der Waals surface area contributed by atoms with E-state index in [-0.39, 0.29) is 22.5 Å². The van der Waals surface area contributed by atoms with Crippen LogP contribution in [0.1, 0.15) is 43.5 Å². The van der Waals surface area contributed by atoms with Crippen LogP contribution in [0.25, 0.3) is 16.8 Å². The number of hydrogen-bond acceptors (Lipinski definition) is 6. The second-order valence-electron chi connectivity index (χ2n) is 7.87. The van der Waals surface area contributed by atoms with Crippen LogP contribution >= 0.6 is 0 Å². The van der Waals surface area contributed by atoms with Crippen LogP contribution in [0, 0.1) is 12.8 Å². The monoisotopic (exact) mass is 423 g/mol. The zero-order valence-corrected chi connectivity index (χ0v) is 17.5. The highest BCUT2D eigenvalue weighted by molar-refractivity contribution is 7.90. The van der Waals surface area contributed by atoms with Crippen LogP contribution in [0.15, 0.2) is 47.6 Å². The highest BCUT2D eigenvalue weighted by atomic mass is 32.2. The molecule has 0 radical (unpaired) electrons. The van der Waals surface area contributed by atoms with Crippen molar-refractivity contribution in [1.82, 2.24) is 23.6 Å². The number of ketones is 1. The topological polar surface area (TPSA) is 99.2 Å². The van der Waals surface area contributed by atoms with Crippen LogP contribution in [-0.2, 0) is 14.8 Å². The average Bonchev–Trinajstić information content (AvgIpc) is 3.43. The molecule has 0 spiro atoms. The van der Waals surface area contributed by atoms with Crippen molar-refractivity contribution >= 4 is 32.6 Å². The van der Waals surface area contributed by atoms with Gasteiger partial charge in [0.15, 0.2) is 11.3 Å². The van der Waals surface area contributed by atoms with Gasteiger partial charge < -0.3 is 0 Å². The van der Waals surface area contributed by atoms with Crippen molar-refractivity contribution in [3.8, 4) is 0 Å². The lowest BCUT2D eigenvalue weighted by Crippen LogP contribution is -2.13. The third-order valence-corrected chi connectivity index (χ3v) is 7.68. The minimum Gasteiger partial charge on any atom is -0.300 e. The number of hydrogen-bond donors (Lipinski definition) is 0. The lowest BCUT2D eigenvalue weighted by molar-refractivity contribution is -0.117. The Hall–Kier alpha value is -3.07. The van der Waals surface area contributed by atoms with Gasteiger partial charge in [0.05, 0.1) is 16.6 Å². The second kappa shape index (κ2) is 6.73. The van der Waals surface area contributed by atoms with Crippen LogP contribution in [0.4, 0.5) is 0 Å². The first-order chi connectivity index (χ1) is 14.4. The van der Waals surface area contributed by atoms with E-state index < -0.39 is 10.0 Å². The molecule has 2 atom stereocenters. The number of carbonyl (C=O) groups is 1. The van der Waals surface area contributed by atoms with Crippen LogP contribution in [0.3, 0.4) is 0 Å². The van der Waals surface area contributed by atoms with Gasteiger partial charge in [-0.25, -0.2) is 17.4 Å². The Morgan fingerprint density at radius 3 is 2.60 bits per heavy atom. The first-order valence-corrected chi connectivity index (χ1v) is 11.4. The zero-order valence-electron chi connectivity index (χ0n) is 16.7. The van der Waals surface area contributed by atoms with Gasteiger partial charge >= 0.3 is 0 Å². The van der Waals surface area contributed by atoms with E-state index in [0.29, 0.717) is 35.5 Å². The fourth-order valence-corrected chi connectivity index (χ4v) is 5.67. The minimum atomic E-state index is -3.80. The van der Waals surface area contributed by atoms with E-state index >= 15 is 0 Å². The summed E-state index contributed by atoms with van der Waals surface area (Å²) in [4.78, 5) is 16.6. The largest absolute Gasteiger partial charge is 0.300 e. The quantitative estimate of drug-likeness (QED) is 0.500. The number of nitrogens with zero attached hydrogens (tertiary/aromatic N) is 5. The maximum absolute atomic E-state index is 13.2. The molecule has 1 aliphatic rings. The molecule has 1 saturated carbocycles. The molecule has 30 heavy (non-hydrogen) atoms. The molecule has 4 aromatic rings. The Morgan fingerprint density at radius 1 is 1.10 bits per heavy atom. The summed E-state index contributed by atoms with van der Waals surface area (Å²) in [6, 6.07) is 8.43. The van der Waals surface area contributed by atoms with E-state index in [1.807, 2.05) is 11.3 Å². The molecule has 5 rings (SSSR count). The molecule has 1 aromatic carbocycles. The first kappa shape index (κ1) is 18.9. The highest BCUT2D eigenvalue weighted by Crippen LogP contribution is 2.39. The summed E-state index contributed by atoms with van der Waals surface area (Å²) in [7, 11) is -3.80. The minimum absolute atomic E-state index is 0.0276. The van der Waals surface area contributed by atoms with E-state index in [1.165, 1.54) is 16.4 Å². The summed E-state index contributed by atoms with van der Waals surface area (Å²) in [5, 5.41) is 8.59. The lowest BCUT2D eigenvalue weighted by atomic mass is 9.93. The first-order valence-electron chi connectivity index (χ1n) is 9.95. The van der Waals surface area contributed by atoms with Crippen LogP contribution in [0.2, 0.25) is 0 Å². The van der Waals surface area contributed by atoms with Crippen molar-refractivity contribution in [3.05, 3.63) is 54.1 Å². The van der Waals surface area contributed by atoms with Gasteiger partial charge in [-0.2, -0.15) is 0 Å². The molecule has 0 amide bonds. The Labute approximate surface area is 173 Å². The summed E-state index contributed by atoms with van der Waals surface area (Å²) in [6.45, 7) is 3.98. The zero-order chi connectivity index (χ0) is 21.0. The van der Waals surface area contributed by atoms with Gasteiger partial charge in [-0.05, 0) is 31.0 Å². The number of Topliss-reactive ketones (excluding diaryl/α,β-unsaturated/α-hetero) is 1. The molecule has 1 fully saturated rings.